The van der Waals surface area contributed by atoms with Crippen LogP contribution in [-0.2, 0) is 14.8 Å². The average Bonchev–Trinajstić information content (AvgIpc) is 3.58. The van der Waals surface area contributed by atoms with Gasteiger partial charge >= 0.3 is 0 Å². The first-order chi connectivity index (χ1) is 15.9. The van der Waals surface area contributed by atoms with E-state index in [4.69, 9.17) is 0 Å². The summed E-state index contributed by atoms with van der Waals surface area (Å²) in [6, 6.07) is 17.3. The lowest BCUT2D eigenvalue weighted by Crippen LogP contribution is -2.49. The molecule has 2 amide bonds. The number of rotatable bonds is 6. The number of hydrogen-bond donors (Lipinski definition) is 2. The van der Waals surface area contributed by atoms with E-state index in [-0.39, 0.29) is 36.3 Å². The molecule has 2 aliphatic rings. The summed E-state index contributed by atoms with van der Waals surface area (Å²) < 4.78 is 28.7. The third-order valence-corrected chi connectivity index (χ3v) is 7.53. The van der Waals surface area contributed by atoms with Crippen LogP contribution in [0.2, 0.25) is 0 Å². The van der Waals surface area contributed by atoms with Crippen LogP contribution in [-0.4, -0.2) is 54.0 Å². The van der Waals surface area contributed by atoms with E-state index < -0.39 is 10.0 Å². The Balaban J connectivity index is 1.42. The highest BCUT2D eigenvalue weighted by Gasteiger charge is 2.30. The van der Waals surface area contributed by atoms with Crippen molar-refractivity contribution in [2.45, 2.75) is 23.7 Å². The highest BCUT2D eigenvalue weighted by atomic mass is 32.2. The molecule has 5 rings (SSSR count). The first kappa shape index (κ1) is 21.4. The minimum Gasteiger partial charge on any atom is -0.354 e. The van der Waals surface area contributed by atoms with E-state index in [1.54, 1.807) is 22.9 Å². The lowest BCUT2D eigenvalue weighted by Gasteiger charge is -2.26. The molecule has 2 aromatic carbocycles. The number of carbonyl (C=O) groups excluding carboxylic acids is 2. The predicted octanol–water partition coefficient (Wildman–Crippen LogP) is 2.12. The summed E-state index contributed by atoms with van der Waals surface area (Å²) in [6.07, 6.45) is 2.11. The number of nitrogens with one attached hydrogen (secondary N) is 2. The van der Waals surface area contributed by atoms with Gasteiger partial charge in [0.1, 0.15) is 5.69 Å². The van der Waals surface area contributed by atoms with Gasteiger partial charge in [0.25, 0.3) is 5.91 Å². The van der Waals surface area contributed by atoms with E-state index in [1.807, 2.05) is 30.3 Å². The maximum Gasteiger partial charge on any atom is 0.274 e. The molecule has 0 spiro atoms. The van der Waals surface area contributed by atoms with Crippen molar-refractivity contribution in [3.8, 4) is 5.69 Å². The number of nitrogens with zero attached hydrogens (tertiary/aromatic N) is 3. The van der Waals surface area contributed by atoms with Crippen LogP contribution in [0.5, 0.6) is 0 Å². The Morgan fingerprint density at radius 3 is 2.58 bits per heavy atom. The minimum absolute atomic E-state index is 0.0187. The molecule has 1 saturated carbocycles. The van der Waals surface area contributed by atoms with Crippen LogP contribution in [0.4, 0.5) is 5.69 Å². The summed E-state index contributed by atoms with van der Waals surface area (Å²) in [5.74, 6) is -0.350. The van der Waals surface area contributed by atoms with Gasteiger partial charge in [-0.3, -0.25) is 9.59 Å². The fraction of sp³-hybridized carbons (Fsp3) is 0.261. The second kappa shape index (κ2) is 8.45. The quantitative estimate of drug-likeness (QED) is 0.579. The number of para-hydroxylation sites is 1. The molecule has 1 aliphatic carbocycles. The predicted molar refractivity (Wildman–Crippen MR) is 122 cm³/mol. The molecule has 9 nitrogen and oxygen atoms in total. The number of piperazine rings is 1. The van der Waals surface area contributed by atoms with Crippen molar-refractivity contribution in [3.05, 3.63) is 72.1 Å². The van der Waals surface area contributed by atoms with Gasteiger partial charge in [0.15, 0.2) is 0 Å². The molecule has 2 heterocycles. The number of sulfonamides is 1. The molecule has 1 aromatic heterocycles. The van der Waals surface area contributed by atoms with Crippen molar-refractivity contribution < 1.29 is 18.0 Å². The summed E-state index contributed by atoms with van der Waals surface area (Å²) in [7, 11) is -3.86. The molecule has 170 valence electrons. The third kappa shape index (κ3) is 4.39. The number of hydrogen-bond acceptors (Lipinski definition) is 5. The topological polar surface area (TPSA) is 113 Å². The molecule has 2 fully saturated rings. The van der Waals surface area contributed by atoms with Crippen LogP contribution < -0.4 is 10.6 Å². The normalized spacial score (nSPS) is 16.9. The van der Waals surface area contributed by atoms with Crippen molar-refractivity contribution in [1.82, 2.24) is 19.4 Å². The summed E-state index contributed by atoms with van der Waals surface area (Å²) in [6.45, 7) is 0.241. The lowest BCUT2D eigenvalue weighted by molar-refractivity contribution is -0.122. The molecule has 2 N–H and O–H groups in total. The van der Waals surface area contributed by atoms with Gasteiger partial charge in [0, 0.05) is 24.7 Å². The Morgan fingerprint density at radius 2 is 1.85 bits per heavy atom. The number of benzene rings is 2. The highest BCUT2D eigenvalue weighted by molar-refractivity contribution is 7.89. The Hall–Kier alpha value is -3.50. The third-order valence-electron chi connectivity index (χ3n) is 5.69. The van der Waals surface area contributed by atoms with Crippen LogP contribution >= 0.6 is 0 Å². The fourth-order valence-corrected chi connectivity index (χ4v) is 5.25. The Morgan fingerprint density at radius 1 is 1.06 bits per heavy atom. The van der Waals surface area contributed by atoms with Crippen molar-refractivity contribution in [2.75, 3.05) is 25.0 Å². The maximum absolute atomic E-state index is 13.2. The lowest BCUT2D eigenvalue weighted by atomic mass is 10.2. The average molecular weight is 466 g/mol. The first-order valence-corrected chi connectivity index (χ1v) is 12.2. The largest absolute Gasteiger partial charge is 0.354 e. The summed E-state index contributed by atoms with van der Waals surface area (Å²) in [4.78, 5) is 24.8. The van der Waals surface area contributed by atoms with E-state index in [0.717, 1.165) is 28.5 Å². The summed E-state index contributed by atoms with van der Waals surface area (Å²) >= 11 is 0. The molecule has 1 saturated heterocycles. The van der Waals surface area contributed by atoms with Crippen molar-refractivity contribution in [1.29, 1.82) is 0 Å². The summed E-state index contributed by atoms with van der Waals surface area (Å²) in [5.41, 5.74) is 2.37. The number of aromatic nitrogens is 2. The molecular formula is C23H23N5O4S. The zero-order valence-corrected chi connectivity index (χ0v) is 18.6. The fourth-order valence-electron chi connectivity index (χ4n) is 3.80. The Bertz CT molecular complexity index is 1320. The maximum atomic E-state index is 13.2. The Labute approximate surface area is 191 Å². The molecule has 1 aliphatic heterocycles. The van der Waals surface area contributed by atoms with E-state index in [1.165, 1.54) is 12.1 Å². The van der Waals surface area contributed by atoms with Gasteiger partial charge in [-0.15, -0.1) is 0 Å². The number of carbonyl (C=O) groups is 2. The van der Waals surface area contributed by atoms with Gasteiger partial charge in [0.2, 0.25) is 15.9 Å². The second-order valence-electron chi connectivity index (χ2n) is 8.15. The van der Waals surface area contributed by atoms with E-state index in [0.29, 0.717) is 17.3 Å². The van der Waals surface area contributed by atoms with E-state index >= 15 is 0 Å². The van der Waals surface area contributed by atoms with Gasteiger partial charge in [-0.1, -0.05) is 24.3 Å². The van der Waals surface area contributed by atoms with Gasteiger partial charge in [-0.05, 0) is 49.2 Å². The first-order valence-electron chi connectivity index (χ1n) is 10.8. The van der Waals surface area contributed by atoms with Crippen molar-refractivity contribution >= 4 is 27.5 Å². The second-order valence-corrected chi connectivity index (χ2v) is 10.1. The molecular weight excluding hydrogens is 442 g/mol. The zero-order chi connectivity index (χ0) is 23.0. The SMILES string of the molecule is O=C1CN(S(=O)(=O)c2cccc(NC(=O)c3cc(C4CC4)nn3-c3ccccc3)c2)CCN1. The Kier molecular flexibility index (Phi) is 5.47. The molecule has 0 unspecified atom stereocenters. The van der Waals surface area contributed by atoms with Crippen LogP contribution in [0.3, 0.4) is 0 Å². The zero-order valence-electron chi connectivity index (χ0n) is 17.8. The number of anilines is 1. The molecule has 0 radical (unpaired) electrons. The highest BCUT2D eigenvalue weighted by Crippen LogP contribution is 2.39. The van der Waals surface area contributed by atoms with Crippen LogP contribution in [0, 0.1) is 0 Å². The standard InChI is InChI=1S/C23H23N5O4S/c29-22-15-27(12-11-24-22)33(31,32)19-8-4-5-17(13-19)25-23(30)21-14-20(16-9-10-16)26-28(21)18-6-2-1-3-7-18/h1-8,13-14,16H,9-12,15H2,(H,24,29)(H,25,30). The van der Waals surface area contributed by atoms with E-state index in [9.17, 15) is 18.0 Å². The number of amides is 2. The minimum atomic E-state index is -3.86. The van der Waals surface area contributed by atoms with Crippen molar-refractivity contribution in [2.24, 2.45) is 0 Å². The van der Waals surface area contributed by atoms with Crippen LogP contribution in [0.15, 0.2) is 65.6 Å². The van der Waals surface area contributed by atoms with E-state index in [2.05, 4.69) is 15.7 Å². The molecule has 3 aromatic rings. The van der Waals surface area contributed by atoms with Gasteiger partial charge in [-0.2, -0.15) is 9.40 Å². The van der Waals surface area contributed by atoms with Crippen LogP contribution in [0.25, 0.3) is 5.69 Å². The molecule has 33 heavy (non-hydrogen) atoms. The van der Waals surface area contributed by atoms with Crippen LogP contribution in [0.1, 0.15) is 34.9 Å². The molecule has 0 bridgehead atoms. The molecule has 10 heteroatoms. The van der Waals surface area contributed by atoms with Gasteiger partial charge < -0.3 is 10.6 Å². The monoisotopic (exact) mass is 465 g/mol. The van der Waals surface area contributed by atoms with Gasteiger partial charge in [-0.25, -0.2) is 13.1 Å². The van der Waals surface area contributed by atoms with Gasteiger partial charge in [0.05, 0.1) is 22.8 Å². The van der Waals surface area contributed by atoms with Crippen molar-refractivity contribution in [3.63, 3.8) is 0 Å². The molecule has 0 atom stereocenters. The smallest absolute Gasteiger partial charge is 0.274 e. The summed E-state index contributed by atoms with van der Waals surface area (Å²) in [5, 5.41) is 10.1.